The third kappa shape index (κ3) is 8.74. The van der Waals surface area contributed by atoms with E-state index < -0.39 is 0 Å². The zero-order chi connectivity index (χ0) is 21.0. The minimum Gasteiger partial charge on any atom is -0.494 e. The molecule has 2 saturated heterocycles. The highest BCUT2D eigenvalue weighted by atomic mass is 32.1. The van der Waals surface area contributed by atoms with E-state index in [0.717, 1.165) is 70.9 Å². The molecule has 0 saturated carbocycles. The van der Waals surface area contributed by atoms with Gasteiger partial charge in [0, 0.05) is 37.6 Å². The predicted octanol–water partition coefficient (Wildman–Crippen LogP) is 3.27. The van der Waals surface area contributed by atoms with Crippen molar-refractivity contribution in [2.75, 3.05) is 45.9 Å². The molecule has 6 heteroatoms. The molecule has 0 aliphatic carbocycles. The third-order valence-corrected chi connectivity index (χ3v) is 6.54. The number of hydrogen-bond donors (Lipinski definition) is 2. The summed E-state index contributed by atoms with van der Waals surface area (Å²) in [5.74, 6) is 0.934. The van der Waals surface area contributed by atoms with Gasteiger partial charge < -0.3 is 24.7 Å². The van der Waals surface area contributed by atoms with Crippen LogP contribution in [0.2, 0.25) is 0 Å². The maximum atomic E-state index is 9.36. The van der Waals surface area contributed by atoms with Gasteiger partial charge in [-0.2, -0.15) is 0 Å². The molecule has 2 aromatic rings. The van der Waals surface area contributed by atoms with Gasteiger partial charge in [-0.15, -0.1) is 11.3 Å². The van der Waals surface area contributed by atoms with Gasteiger partial charge in [0.2, 0.25) is 0 Å². The number of nitrogens with zero attached hydrogens (tertiary/aromatic N) is 2. The minimum absolute atomic E-state index is 0.0725. The second-order valence-electron chi connectivity index (χ2n) is 8.18. The Labute approximate surface area is 184 Å². The molecule has 3 heterocycles. The summed E-state index contributed by atoms with van der Waals surface area (Å²) >= 11 is 1.84. The van der Waals surface area contributed by atoms with E-state index in [1.54, 1.807) is 0 Å². The van der Waals surface area contributed by atoms with E-state index in [2.05, 4.69) is 27.3 Å². The summed E-state index contributed by atoms with van der Waals surface area (Å²) in [5, 5.41) is 20.8. The van der Waals surface area contributed by atoms with Crippen LogP contribution in [-0.4, -0.2) is 78.1 Å². The lowest BCUT2D eigenvalue weighted by Gasteiger charge is -2.14. The van der Waals surface area contributed by atoms with Crippen molar-refractivity contribution in [3.05, 3.63) is 52.7 Å². The Hall–Kier alpha value is -1.44. The van der Waals surface area contributed by atoms with Crippen molar-refractivity contribution in [1.29, 1.82) is 0 Å². The second kappa shape index (κ2) is 13.1. The summed E-state index contributed by atoms with van der Waals surface area (Å²) in [6.45, 7) is 6.70. The Morgan fingerprint density at radius 2 is 1.53 bits per heavy atom. The molecule has 2 aliphatic rings. The first-order valence-electron chi connectivity index (χ1n) is 11.2. The number of thiophene rings is 1. The lowest BCUT2D eigenvalue weighted by Crippen LogP contribution is -2.24. The van der Waals surface area contributed by atoms with Crippen LogP contribution in [0.3, 0.4) is 0 Å². The van der Waals surface area contributed by atoms with Crippen LogP contribution < -0.4 is 4.74 Å². The van der Waals surface area contributed by atoms with E-state index in [-0.39, 0.29) is 12.2 Å². The van der Waals surface area contributed by atoms with E-state index in [4.69, 9.17) is 4.74 Å². The van der Waals surface area contributed by atoms with Crippen LogP contribution in [0.25, 0.3) is 0 Å². The van der Waals surface area contributed by atoms with Crippen LogP contribution in [0.4, 0.5) is 0 Å². The van der Waals surface area contributed by atoms with Crippen LogP contribution in [0, 0.1) is 0 Å². The van der Waals surface area contributed by atoms with Crippen molar-refractivity contribution in [2.24, 2.45) is 0 Å². The summed E-state index contributed by atoms with van der Waals surface area (Å²) in [7, 11) is 0. The Morgan fingerprint density at radius 3 is 2.10 bits per heavy atom. The molecule has 2 N–H and O–H groups in total. The van der Waals surface area contributed by atoms with Crippen molar-refractivity contribution in [1.82, 2.24) is 9.80 Å². The molecule has 2 fully saturated rings. The molecular formula is C24H36N2O3S. The van der Waals surface area contributed by atoms with E-state index >= 15 is 0 Å². The second-order valence-corrected chi connectivity index (χ2v) is 9.22. The monoisotopic (exact) mass is 432 g/mol. The number of benzene rings is 1. The maximum absolute atomic E-state index is 9.36. The average molecular weight is 433 g/mol. The molecule has 30 heavy (non-hydrogen) atoms. The summed E-state index contributed by atoms with van der Waals surface area (Å²) in [5.41, 5.74) is 0. The van der Waals surface area contributed by atoms with Crippen LogP contribution in [0.15, 0.2) is 47.8 Å². The summed E-state index contributed by atoms with van der Waals surface area (Å²) in [6, 6.07) is 14.2. The molecular weight excluding hydrogens is 396 g/mol. The zero-order valence-electron chi connectivity index (χ0n) is 17.9. The Balaban J connectivity index is 0.000000172. The SMILES string of the molecule is O[C@@H]1CCN(CCCOc2ccccc2)C1.O[C@@H]1CCN(CCCc2cccs2)C1. The molecule has 1 aromatic heterocycles. The lowest BCUT2D eigenvalue weighted by molar-refractivity contribution is 0.173. The fraction of sp³-hybridized carbons (Fsp3) is 0.583. The Kier molecular flexibility index (Phi) is 10.1. The van der Waals surface area contributed by atoms with E-state index in [0.29, 0.717) is 0 Å². The van der Waals surface area contributed by atoms with Crippen LogP contribution in [0.1, 0.15) is 30.6 Å². The first-order valence-corrected chi connectivity index (χ1v) is 12.1. The first kappa shape index (κ1) is 23.2. The fourth-order valence-electron chi connectivity index (χ4n) is 3.96. The van der Waals surface area contributed by atoms with E-state index in [9.17, 15) is 10.2 Å². The van der Waals surface area contributed by atoms with Crippen LogP contribution >= 0.6 is 11.3 Å². The summed E-state index contributed by atoms with van der Waals surface area (Å²) < 4.78 is 5.60. The number of aryl methyl sites for hydroxylation is 1. The fourth-order valence-corrected chi connectivity index (χ4v) is 4.71. The first-order chi connectivity index (χ1) is 14.7. The van der Waals surface area contributed by atoms with Gasteiger partial charge in [0.15, 0.2) is 0 Å². The van der Waals surface area contributed by atoms with Gasteiger partial charge in [-0.1, -0.05) is 24.3 Å². The highest BCUT2D eigenvalue weighted by molar-refractivity contribution is 7.09. The van der Waals surface area contributed by atoms with Crippen LogP contribution in [-0.2, 0) is 6.42 Å². The molecule has 2 atom stereocenters. The number of likely N-dealkylation sites (tertiary alicyclic amines) is 2. The topological polar surface area (TPSA) is 56.2 Å². The van der Waals surface area contributed by atoms with Crippen molar-refractivity contribution >= 4 is 11.3 Å². The molecule has 0 spiro atoms. The molecule has 5 nitrogen and oxygen atoms in total. The van der Waals surface area contributed by atoms with Crippen molar-refractivity contribution < 1.29 is 14.9 Å². The quantitative estimate of drug-likeness (QED) is 0.596. The van der Waals surface area contributed by atoms with Gasteiger partial charge in [0.05, 0.1) is 18.8 Å². The predicted molar refractivity (Wildman–Crippen MR) is 123 cm³/mol. The number of ether oxygens (including phenoxy) is 1. The van der Waals surface area contributed by atoms with Gasteiger partial charge in [-0.3, -0.25) is 0 Å². The summed E-state index contributed by atoms with van der Waals surface area (Å²) in [6.07, 6.45) is 5.10. The third-order valence-electron chi connectivity index (χ3n) is 5.60. The van der Waals surface area contributed by atoms with Crippen molar-refractivity contribution in [2.45, 2.75) is 44.3 Å². The zero-order valence-corrected chi connectivity index (χ0v) is 18.7. The van der Waals surface area contributed by atoms with Crippen molar-refractivity contribution in [3.8, 4) is 5.75 Å². The highest BCUT2D eigenvalue weighted by Gasteiger charge is 2.19. The van der Waals surface area contributed by atoms with E-state index in [1.165, 1.54) is 17.7 Å². The normalized spacial score (nSPS) is 22.1. The minimum atomic E-state index is -0.116. The largest absolute Gasteiger partial charge is 0.494 e. The molecule has 0 radical (unpaired) electrons. The molecule has 1 aromatic carbocycles. The lowest BCUT2D eigenvalue weighted by atomic mass is 10.2. The van der Waals surface area contributed by atoms with Gasteiger partial charge in [0.1, 0.15) is 5.75 Å². The average Bonchev–Trinajstić information content (AvgIpc) is 3.50. The molecule has 0 bridgehead atoms. The molecule has 4 rings (SSSR count). The van der Waals surface area contributed by atoms with Crippen LogP contribution in [0.5, 0.6) is 5.75 Å². The number of β-amino-alcohol motifs (C(OH)–C–C–N with tert-alkyl or cyclic N) is 2. The number of aliphatic hydroxyl groups is 2. The highest BCUT2D eigenvalue weighted by Crippen LogP contribution is 2.14. The molecule has 2 aliphatic heterocycles. The number of hydrogen-bond acceptors (Lipinski definition) is 6. The van der Waals surface area contributed by atoms with Gasteiger partial charge >= 0.3 is 0 Å². The number of para-hydroxylation sites is 1. The maximum Gasteiger partial charge on any atom is 0.119 e. The Bertz CT molecular complexity index is 683. The molecule has 166 valence electrons. The summed E-state index contributed by atoms with van der Waals surface area (Å²) in [4.78, 5) is 6.13. The number of rotatable bonds is 9. The van der Waals surface area contributed by atoms with Gasteiger partial charge in [-0.05, 0) is 62.2 Å². The van der Waals surface area contributed by atoms with Gasteiger partial charge in [0.25, 0.3) is 0 Å². The van der Waals surface area contributed by atoms with Crippen molar-refractivity contribution in [3.63, 3.8) is 0 Å². The Morgan fingerprint density at radius 1 is 0.867 bits per heavy atom. The van der Waals surface area contributed by atoms with Gasteiger partial charge in [-0.25, -0.2) is 0 Å². The van der Waals surface area contributed by atoms with E-state index in [1.807, 2.05) is 41.7 Å². The number of aliphatic hydroxyl groups excluding tert-OH is 2. The molecule has 0 unspecified atom stereocenters. The standard InChI is InChI=1S/C13H19NO2.C11H17NOS/c15-12-7-9-14(11-12)8-4-10-16-13-5-2-1-3-6-13;13-10-5-7-12(9-10)6-1-3-11-4-2-8-14-11/h1-3,5-6,12,15H,4,7-11H2;2,4,8,10,13H,1,3,5-7,9H2/t12-;10-/m11/s1. The molecule has 0 amide bonds. The smallest absolute Gasteiger partial charge is 0.119 e.